The molecule has 7 heteroatoms. The van der Waals surface area contributed by atoms with Crippen molar-refractivity contribution in [2.75, 3.05) is 19.5 Å². The average Bonchev–Trinajstić information content (AvgIpc) is 2.83. The number of thiol groups is 1. The molecule has 0 unspecified atom stereocenters. The number of aliphatic carboxylic acids is 1. The maximum atomic E-state index is 10.3. The predicted octanol–water partition coefficient (Wildman–Crippen LogP) is 7.74. The first kappa shape index (κ1) is 40.2. The lowest BCUT2D eigenvalue weighted by atomic mass is 10.1. The summed E-state index contributed by atoms with van der Waals surface area (Å²) in [4.78, 5) is 30.1. The van der Waals surface area contributed by atoms with Gasteiger partial charge >= 0.3 is 17.9 Å². The molecule has 0 aromatic rings. The van der Waals surface area contributed by atoms with Crippen molar-refractivity contribution < 1.29 is 29.0 Å². The van der Waals surface area contributed by atoms with Crippen molar-refractivity contribution in [1.29, 1.82) is 0 Å². The van der Waals surface area contributed by atoms with Gasteiger partial charge in [0.2, 0.25) is 0 Å². The standard InChI is InChI=1S/C12H26S.C7H12O2.C5H8O2.C4H6O2/c1-2-3-4-5-6-7-8-9-10-11-12-13;1-3-5-6-9-7(8)4-2;1-4(2)5(6)7-3;1-3(2)4(5)6/h13H,2-12H2,1H3;4H,2-3,5-6H2,1H3;1H2,2-3H3;1H2,2H3,(H,5,6). The van der Waals surface area contributed by atoms with Crippen LogP contribution in [0.25, 0.3) is 0 Å². The van der Waals surface area contributed by atoms with Crippen LogP contribution in [0.4, 0.5) is 0 Å². The maximum absolute atomic E-state index is 10.3. The van der Waals surface area contributed by atoms with Gasteiger partial charge < -0.3 is 14.6 Å². The van der Waals surface area contributed by atoms with Crippen LogP contribution < -0.4 is 0 Å². The quantitative estimate of drug-likeness (QED) is 0.0944. The van der Waals surface area contributed by atoms with E-state index in [1.54, 1.807) is 6.92 Å². The van der Waals surface area contributed by atoms with Crippen molar-refractivity contribution in [3.05, 3.63) is 37.0 Å². The lowest BCUT2D eigenvalue weighted by Gasteiger charge is -2.00. The maximum Gasteiger partial charge on any atom is 0.332 e. The fourth-order valence-corrected chi connectivity index (χ4v) is 2.37. The lowest BCUT2D eigenvalue weighted by Crippen LogP contribution is -2.00. The Morgan fingerprint density at radius 3 is 1.46 bits per heavy atom. The van der Waals surface area contributed by atoms with Gasteiger partial charge in [0.1, 0.15) is 0 Å². The second kappa shape index (κ2) is 34.1. The van der Waals surface area contributed by atoms with Crippen molar-refractivity contribution in [2.24, 2.45) is 0 Å². The zero-order valence-electron chi connectivity index (χ0n) is 23.0. The molecule has 0 rings (SSSR count). The number of rotatable bonds is 16. The van der Waals surface area contributed by atoms with Crippen LogP contribution in [-0.4, -0.2) is 42.5 Å². The molecule has 0 saturated carbocycles. The Bertz CT molecular complexity index is 536. The first-order valence-electron chi connectivity index (χ1n) is 12.6. The molecule has 1 N–H and O–H groups in total. The van der Waals surface area contributed by atoms with Crippen LogP contribution in [0, 0.1) is 0 Å². The molecule has 206 valence electrons. The lowest BCUT2D eigenvalue weighted by molar-refractivity contribution is -0.138. The van der Waals surface area contributed by atoms with E-state index in [1.165, 1.54) is 84.3 Å². The summed E-state index contributed by atoms with van der Waals surface area (Å²) < 4.78 is 8.95. The molecule has 0 fully saturated rings. The Balaban J connectivity index is -0.000000192. The molecule has 0 aliphatic heterocycles. The number of hydrogen-bond donors (Lipinski definition) is 2. The molecule has 0 heterocycles. The molecule has 0 saturated heterocycles. The van der Waals surface area contributed by atoms with Crippen LogP contribution >= 0.6 is 12.6 Å². The highest BCUT2D eigenvalue weighted by Crippen LogP contribution is 2.10. The van der Waals surface area contributed by atoms with Crippen molar-refractivity contribution in [3.63, 3.8) is 0 Å². The number of unbranched alkanes of at least 4 members (excludes halogenated alkanes) is 10. The molecule has 0 aliphatic rings. The van der Waals surface area contributed by atoms with E-state index in [0.29, 0.717) is 12.2 Å². The van der Waals surface area contributed by atoms with Crippen LogP contribution in [0.5, 0.6) is 0 Å². The highest BCUT2D eigenvalue weighted by Gasteiger charge is 1.95. The van der Waals surface area contributed by atoms with Gasteiger partial charge in [-0.3, -0.25) is 0 Å². The van der Waals surface area contributed by atoms with Crippen molar-refractivity contribution >= 4 is 30.5 Å². The van der Waals surface area contributed by atoms with E-state index in [9.17, 15) is 14.4 Å². The molecule has 0 aromatic heterocycles. The summed E-state index contributed by atoms with van der Waals surface area (Å²) in [5.41, 5.74) is 0.609. The van der Waals surface area contributed by atoms with E-state index in [0.717, 1.165) is 18.6 Å². The van der Waals surface area contributed by atoms with E-state index < -0.39 is 5.97 Å². The minimum Gasteiger partial charge on any atom is -0.478 e. The van der Waals surface area contributed by atoms with Crippen LogP contribution in [0.3, 0.4) is 0 Å². The Labute approximate surface area is 220 Å². The normalized spacial score (nSPS) is 8.97. The number of ether oxygens (including phenoxy) is 2. The summed E-state index contributed by atoms with van der Waals surface area (Å²) in [5, 5.41) is 7.89. The highest BCUT2D eigenvalue weighted by molar-refractivity contribution is 7.80. The number of carbonyl (C=O) groups excluding carboxylic acids is 2. The Morgan fingerprint density at radius 1 is 0.800 bits per heavy atom. The van der Waals surface area contributed by atoms with Gasteiger partial charge in [0.25, 0.3) is 0 Å². The average molecular weight is 517 g/mol. The van der Waals surface area contributed by atoms with E-state index in [-0.39, 0.29) is 17.5 Å². The number of hydrogen-bond acceptors (Lipinski definition) is 6. The first-order chi connectivity index (χ1) is 16.5. The van der Waals surface area contributed by atoms with E-state index in [4.69, 9.17) is 5.11 Å². The number of carboxylic acids is 1. The monoisotopic (exact) mass is 516 g/mol. The molecule has 0 aromatic carbocycles. The molecule has 0 radical (unpaired) electrons. The molecule has 0 atom stereocenters. The molecule has 6 nitrogen and oxygen atoms in total. The SMILES string of the molecule is C=C(C)C(=O)O.C=C(C)C(=O)OC.C=CC(=O)OCCCC.CCCCCCCCCCCCS. The van der Waals surface area contributed by atoms with Gasteiger partial charge in [-0.05, 0) is 32.4 Å². The largest absolute Gasteiger partial charge is 0.478 e. The highest BCUT2D eigenvalue weighted by atomic mass is 32.1. The summed E-state index contributed by atoms with van der Waals surface area (Å²) in [6.07, 6.45) is 17.3. The topological polar surface area (TPSA) is 89.9 Å². The van der Waals surface area contributed by atoms with Gasteiger partial charge in [-0.2, -0.15) is 12.6 Å². The summed E-state index contributed by atoms with van der Waals surface area (Å²) in [5.74, 6) is -0.547. The Hall–Kier alpha value is -2.02. The molecular formula is C28H52O6S. The number of carbonyl (C=O) groups is 3. The van der Waals surface area contributed by atoms with Crippen molar-refractivity contribution in [3.8, 4) is 0 Å². The number of esters is 2. The predicted molar refractivity (Wildman–Crippen MR) is 151 cm³/mol. The molecular weight excluding hydrogens is 464 g/mol. The Morgan fingerprint density at radius 2 is 1.20 bits per heavy atom. The van der Waals surface area contributed by atoms with Gasteiger partial charge in [-0.1, -0.05) is 97.8 Å². The fourth-order valence-electron chi connectivity index (χ4n) is 2.15. The van der Waals surface area contributed by atoms with Gasteiger partial charge in [0, 0.05) is 17.2 Å². The summed E-state index contributed by atoms with van der Waals surface area (Å²) in [6.45, 7) is 17.7. The van der Waals surface area contributed by atoms with Gasteiger partial charge in [0.05, 0.1) is 13.7 Å². The second-order valence-corrected chi connectivity index (χ2v) is 8.44. The van der Waals surface area contributed by atoms with E-state index in [2.05, 4.69) is 48.8 Å². The fraction of sp³-hybridized carbons (Fsp3) is 0.679. The van der Waals surface area contributed by atoms with E-state index >= 15 is 0 Å². The van der Waals surface area contributed by atoms with Crippen LogP contribution in [0.1, 0.15) is 105 Å². The third-order valence-corrected chi connectivity index (χ3v) is 4.64. The van der Waals surface area contributed by atoms with Crippen LogP contribution in [-0.2, 0) is 23.9 Å². The minimum atomic E-state index is -0.935. The van der Waals surface area contributed by atoms with Gasteiger partial charge in [0.15, 0.2) is 0 Å². The molecule has 0 spiro atoms. The second-order valence-electron chi connectivity index (χ2n) is 7.99. The number of methoxy groups -OCH3 is 1. The summed E-state index contributed by atoms with van der Waals surface area (Å²) >= 11 is 4.20. The molecule has 0 aliphatic carbocycles. The van der Waals surface area contributed by atoms with E-state index in [1.807, 2.05) is 6.92 Å². The minimum absolute atomic E-state index is 0.176. The molecule has 35 heavy (non-hydrogen) atoms. The van der Waals surface area contributed by atoms with Gasteiger partial charge in [-0.15, -0.1) is 0 Å². The summed E-state index contributed by atoms with van der Waals surface area (Å²) in [7, 11) is 1.33. The first-order valence-corrected chi connectivity index (χ1v) is 13.2. The number of carboxylic acid groups (broad SMARTS) is 1. The zero-order valence-corrected chi connectivity index (χ0v) is 23.9. The Kier molecular flexibility index (Phi) is 39.2. The van der Waals surface area contributed by atoms with Crippen LogP contribution in [0.2, 0.25) is 0 Å². The molecule has 0 bridgehead atoms. The van der Waals surface area contributed by atoms with Crippen molar-refractivity contribution in [2.45, 2.75) is 105 Å². The molecule has 0 amide bonds. The zero-order chi connectivity index (χ0) is 27.9. The van der Waals surface area contributed by atoms with Gasteiger partial charge in [-0.25, -0.2) is 14.4 Å². The van der Waals surface area contributed by atoms with Crippen molar-refractivity contribution in [1.82, 2.24) is 0 Å². The third kappa shape index (κ3) is 46.1. The van der Waals surface area contributed by atoms with Crippen LogP contribution in [0.15, 0.2) is 37.0 Å². The smallest absolute Gasteiger partial charge is 0.332 e. The summed E-state index contributed by atoms with van der Waals surface area (Å²) in [6, 6.07) is 0. The third-order valence-electron chi connectivity index (χ3n) is 4.32.